The van der Waals surface area contributed by atoms with Crippen LogP contribution in [0.25, 0.3) is 0 Å². The van der Waals surface area contributed by atoms with Crippen LogP contribution in [0.2, 0.25) is 0 Å². The van der Waals surface area contributed by atoms with Crippen molar-refractivity contribution in [2.24, 2.45) is 0 Å². The summed E-state index contributed by atoms with van der Waals surface area (Å²) in [6, 6.07) is 10.9. The summed E-state index contributed by atoms with van der Waals surface area (Å²) in [6.07, 6.45) is 0.795. The van der Waals surface area contributed by atoms with Crippen molar-refractivity contribution >= 4 is 21.7 Å². The summed E-state index contributed by atoms with van der Waals surface area (Å²) in [5.74, 6) is -1.17. The summed E-state index contributed by atoms with van der Waals surface area (Å²) in [5.41, 5.74) is 2.25. The van der Waals surface area contributed by atoms with Crippen molar-refractivity contribution in [2.75, 3.05) is 4.72 Å². The molecule has 0 fully saturated rings. The molecule has 0 aliphatic heterocycles. The molecular weight excluding hydrogens is 302 g/mol. The summed E-state index contributed by atoms with van der Waals surface area (Å²) < 4.78 is 27.4. The lowest BCUT2D eigenvalue weighted by Crippen LogP contribution is -2.14. The molecule has 2 rings (SSSR count). The van der Waals surface area contributed by atoms with Gasteiger partial charge in [0.15, 0.2) is 0 Å². The standard InChI is InChI=1S/C16H17NO4S/c1-3-12-8-7-11(2)15(9-12)17-22(20,21)14-6-4-5-13(10-14)16(18)19/h4-10,17H,3H2,1-2H3,(H,18,19). The quantitative estimate of drug-likeness (QED) is 0.887. The smallest absolute Gasteiger partial charge is 0.335 e. The molecule has 0 saturated heterocycles. The third-order valence-electron chi connectivity index (χ3n) is 3.35. The number of nitrogens with one attached hydrogen (secondary N) is 1. The fraction of sp³-hybridized carbons (Fsp3) is 0.188. The van der Waals surface area contributed by atoms with E-state index in [1.807, 2.05) is 26.0 Å². The van der Waals surface area contributed by atoms with Crippen LogP contribution >= 0.6 is 0 Å². The molecule has 0 saturated carbocycles. The van der Waals surface area contributed by atoms with Gasteiger partial charge >= 0.3 is 5.97 Å². The minimum atomic E-state index is -3.83. The highest BCUT2D eigenvalue weighted by Crippen LogP contribution is 2.22. The molecule has 0 heterocycles. The van der Waals surface area contributed by atoms with Gasteiger partial charge in [-0.15, -0.1) is 0 Å². The minimum Gasteiger partial charge on any atom is -0.478 e. The van der Waals surface area contributed by atoms with Crippen molar-refractivity contribution < 1.29 is 18.3 Å². The number of benzene rings is 2. The van der Waals surface area contributed by atoms with Crippen molar-refractivity contribution in [3.63, 3.8) is 0 Å². The van der Waals surface area contributed by atoms with E-state index in [9.17, 15) is 13.2 Å². The highest BCUT2D eigenvalue weighted by atomic mass is 32.2. The molecule has 0 unspecified atom stereocenters. The molecule has 22 heavy (non-hydrogen) atoms. The SMILES string of the molecule is CCc1ccc(C)c(NS(=O)(=O)c2cccc(C(=O)O)c2)c1. The van der Waals surface area contributed by atoms with Gasteiger partial charge in [-0.3, -0.25) is 4.72 Å². The lowest BCUT2D eigenvalue weighted by Gasteiger charge is -2.12. The van der Waals surface area contributed by atoms with Crippen LogP contribution in [-0.2, 0) is 16.4 Å². The van der Waals surface area contributed by atoms with E-state index in [2.05, 4.69) is 4.72 Å². The number of anilines is 1. The van der Waals surface area contributed by atoms with E-state index in [1.165, 1.54) is 18.2 Å². The number of sulfonamides is 1. The zero-order valence-corrected chi connectivity index (χ0v) is 13.1. The predicted octanol–water partition coefficient (Wildman–Crippen LogP) is 3.06. The summed E-state index contributed by atoms with van der Waals surface area (Å²) in [5, 5.41) is 8.96. The first-order valence-electron chi connectivity index (χ1n) is 6.79. The molecular formula is C16H17NO4S. The topological polar surface area (TPSA) is 83.5 Å². The Morgan fingerprint density at radius 2 is 1.91 bits per heavy atom. The lowest BCUT2D eigenvalue weighted by atomic mass is 10.1. The fourth-order valence-electron chi connectivity index (χ4n) is 2.00. The number of hydrogen-bond donors (Lipinski definition) is 2. The van der Waals surface area contributed by atoms with Crippen molar-refractivity contribution in [1.82, 2.24) is 0 Å². The maximum Gasteiger partial charge on any atom is 0.335 e. The fourth-order valence-corrected chi connectivity index (χ4v) is 3.17. The second-order valence-electron chi connectivity index (χ2n) is 4.94. The van der Waals surface area contributed by atoms with E-state index in [0.717, 1.165) is 23.6 Å². The molecule has 0 radical (unpaired) electrons. The van der Waals surface area contributed by atoms with E-state index in [0.29, 0.717) is 5.69 Å². The first-order chi connectivity index (χ1) is 10.3. The molecule has 0 atom stereocenters. The van der Waals surface area contributed by atoms with Gasteiger partial charge in [-0.05, 0) is 48.7 Å². The van der Waals surface area contributed by atoms with Gasteiger partial charge < -0.3 is 5.11 Å². The Bertz CT molecular complexity index is 813. The molecule has 0 amide bonds. The Morgan fingerprint density at radius 1 is 1.18 bits per heavy atom. The van der Waals surface area contributed by atoms with Crippen LogP contribution in [0.3, 0.4) is 0 Å². The summed E-state index contributed by atoms with van der Waals surface area (Å²) >= 11 is 0. The van der Waals surface area contributed by atoms with Crippen molar-refractivity contribution in [3.8, 4) is 0 Å². The van der Waals surface area contributed by atoms with Crippen LogP contribution < -0.4 is 4.72 Å². The van der Waals surface area contributed by atoms with Gasteiger partial charge in [-0.2, -0.15) is 0 Å². The average molecular weight is 319 g/mol. The van der Waals surface area contributed by atoms with Crippen molar-refractivity contribution in [3.05, 3.63) is 59.2 Å². The normalized spacial score (nSPS) is 11.2. The first kappa shape index (κ1) is 16.0. The van der Waals surface area contributed by atoms with Gasteiger partial charge in [0.05, 0.1) is 16.1 Å². The van der Waals surface area contributed by atoms with Crippen LogP contribution in [-0.4, -0.2) is 19.5 Å². The van der Waals surface area contributed by atoms with Crippen LogP contribution in [0.15, 0.2) is 47.4 Å². The number of rotatable bonds is 5. The molecule has 2 aromatic rings. The summed E-state index contributed by atoms with van der Waals surface area (Å²) in [7, 11) is -3.83. The van der Waals surface area contributed by atoms with E-state index < -0.39 is 16.0 Å². The molecule has 5 nitrogen and oxygen atoms in total. The van der Waals surface area contributed by atoms with Gasteiger partial charge in [0.1, 0.15) is 0 Å². The molecule has 0 aliphatic rings. The first-order valence-corrected chi connectivity index (χ1v) is 8.27. The van der Waals surface area contributed by atoms with Crippen LogP contribution in [0.5, 0.6) is 0 Å². The Labute approximate surface area is 129 Å². The number of aromatic carboxylic acids is 1. The highest BCUT2D eigenvalue weighted by Gasteiger charge is 2.17. The van der Waals surface area contributed by atoms with Gasteiger partial charge in [0.2, 0.25) is 0 Å². The van der Waals surface area contributed by atoms with E-state index in [-0.39, 0.29) is 10.5 Å². The summed E-state index contributed by atoms with van der Waals surface area (Å²) in [6.45, 7) is 3.80. The van der Waals surface area contributed by atoms with Gasteiger partial charge in [-0.25, -0.2) is 13.2 Å². The molecule has 0 aliphatic carbocycles. The second kappa shape index (κ2) is 6.19. The molecule has 0 bridgehead atoms. The Balaban J connectivity index is 2.40. The molecule has 2 N–H and O–H groups in total. The summed E-state index contributed by atoms with van der Waals surface area (Å²) in [4.78, 5) is 10.9. The van der Waals surface area contributed by atoms with Crippen molar-refractivity contribution in [2.45, 2.75) is 25.2 Å². The maximum absolute atomic E-state index is 12.4. The number of carbonyl (C=O) groups is 1. The minimum absolute atomic E-state index is 0.0677. The molecule has 116 valence electrons. The molecule has 2 aromatic carbocycles. The third kappa shape index (κ3) is 3.46. The Morgan fingerprint density at radius 3 is 2.55 bits per heavy atom. The van der Waals surface area contributed by atoms with Crippen LogP contribution in [0.1, 0.15) is 28.4 Å². The monoisotopic (exact) mass is 319 g/mol. The third-order valence-corrected chi connectivity index (χ3v) is 4.71. The number of carboxylic acid groups (broad SMARTS) is 1. The Kier molecular flexibility index (Phi) is 4.51. The number of carboxylic acids is 1. The second-order valence-corrected chi connectivity index (χ2v) is 6.62. The Hall–Kier alpha value is -2.34. The van der Waals surface area contributed by atoms with Gasteiger partial charge in [0.25, 0.3) is 10.0 Å². The van der Waals surface area contributed by atoms with Crippen molar-refractivity contribution in [1.29, 1.82) is 0 Å². The van der Waals surface area contributed by atoms with E-state index in [4.69, 9.17) is 5.11 Å². The molecule has 0 aromatic heterocycles. The largest absolute Gasteiger partial charge is 0.478 e. The maximum atomic E-state index is 12.4. The van der Waals surface area contributed by atoms with Gasteiger partial charge in [0, 0.05) is 0 Å². The average Bonchev–Trinajstić information content (AvgIpc) is 2.49. The van der Waals surface area contributed by atoms with E-state index >= 15 is 0 Å². The predicted molar refractivity (Wildman–Crippen MR) is 84.8 cm³/mol. The zero-order chi connectivity index (χ0) is 16.3. The van der Waals surface area contributed by atoms with Crippen LogP contribution in [0, 0.1) is 6.92 Å². The van der Waals surface area contributed by atoms with Crippen LogP contribution in [0.4, 0.5) is 5.69 Å². The molecule has 0 spiro atoms. The van der Waals surface area contributed by atoms with Gasteiger partial charge in [-0.1, -0.05) is 25.1 Å². The lowest BCUT2D eigenvalue weighted by molar-refractivity contribution is 0.0696. The zero-order valence-electron chi connectivity index (χ0n) is 12.3. The highest BCUT2D eigenvalue weighted by molar-refractivity contribution is 7.92. The number of aryl methyl sites for hydroxylation is 2. The molecule has 6 heteroatoms. The van der Waals surface area contributed by atoms with E-state index in [1.54, 1.807) is 6.07 Å². The number of hydrogen-bond acceptors (Lipinski definition) is 3.